The first-order valence-corrected chi connectivity index (χ1v) is 5.33. The molecule has 1 aromatic rings. The molecule has 18 heavy (non-hydrogen) atoms. The summed E-state index contributed by atoms with van der Waals surface area (Å²) in [5.74, 6) is -6.51. The zero-order valence-electron chi connectivity index (χ0n) is 10.4. The zero-order valence-corrected chi connectivity index (χ0v) is 10.4. The van der Waals surface area contributed by atoms with Gasteiger partial charge in [0.05, 0.1) is 5.56 Å². The smallest absolute Gasteiger partial charge is 0.343 e. The molecule has 0 aliphatic carbocycles. The van der Waals surface area contributed by atoms with E-state index in [1.165, 1.54) is 33.2 Å². The van der Waals surface area contributed by atoms with E-state index in [0.29, 0.717) is 0 Å². The number of benzene rings is 1. The maximum absolute atomic E-state index is 13.9. The molecule has 0 spiro atoms. The van der Waals surface area contributed by atoms with Gasteiger partial charge in [-0.25, -0.2) is 4.39 Å². The van der Waals surface area contributed by atoms with Gasteiger partial charge in [-0.2, -0.15) is 8.78 Å². The van der Waals surface area contributed by atoms with Gasteiger partial charge in [0.25, 0.3) is 5.91 Å². The summed E-state index contributed by atoms with van der Waals surface area (Å²) in [7, 11) is 2.37. The molecule has 0 radical (unpaired) electrons. The van der Waals surface area contributed by atoms with Crippen LogP contribution in [0.3, 0.4) is 0 Å². The topological polar surface area (TPSA) is 46.3 Å². The molecule has 0 fully saturated rings. The van der Waals surface area contributed by atoms with E-state index < -0.39 is 29.3 Å². The van der Waals surface area contributed by atoms with Crippen molar-refractivity contribution in [2.24, 2.45) is 5.73 Å². The van der Waals surface area contributed by atoms with Crippen molar-refractivity contribution in [3.8, 4) is 0 Å². The molecular weight excluding hydrogens is 245 g/mol. The highest BCUT2D eigenvalue weighted by molar-refractivity contribution is 5.84. The molecule has 1 rings (SSSR count). The second-order valence-corrected chi connectivity index (χ2v) is 4.27. The van der Waals surface area contributed by atoms with Gasteiger partial charge in [-0.15, -0.1) is 0 Å². The molecule has 0 heterocycles. The minimum atomic E-state index is -3.90. The standard InChI is InChI=1S/C12H15F3N2O/c1-7(16)8-5-4-6-9(10(8)13)12(14,15)11(18)17(2)3/h4-7H,16H2,1-3H3. The van der Waals surface area contributed by atoms with Crippen LogP contribution in [-0.2, 0) is 10.7 Å². The number of hydrogen-bond acceptors (Lipinski definition) is 2. The molecule has 0 aliphatic rings. The molecule has 0 aliphatic heterocycles. The van der Waals surface area contributed by atoms with Crippen LogP contribution in [0.15, 0.2) is 18.2 Å². The summed E-state index contributed by atoms with van der Waals surface area (Å²) in [6, 6.07) is 2.74. The van der Waals surface area contributed by atoms with Crippen LogP contribution in [0.1, 0.15) is 24.1 Å². The second-order valence-electron chi connectivity index (χ2n) is 4.27. The monoisotopic (exact) mass is 260 g/mol. The van der Waals surface area contributed by atoms with Crippen molar-refractivity contribution < 1.29 is 18.0 Å². The van der Waals surface area contributed by atoms with E-state index in [2.05, 4.69) is 0 Å². The predicted octanol–water partition coefficient (Wildman–Crippen LogP) is 2.03. The van der Waals surface area contributed by atoms with Crippen LogP contribution in [0.4, 0.5) is 13.2 Å². The van der Waals surface area contributed by atoms with Crippen LogP contribution in [0.2, 0.25) is 0 Å². The highest BCUT2D eigenvalue weighted by atomic mass is 19.3. The molecule has 6 heteroatoms. The second kappa shape index (κ2) is 4.97. The molecule has 1 aromatic carbocycles. The number of carbonyl (C=O) groups is 1. The third-order valence-electron chi connectivity index (χ3n) is 2.53. The van der Waals surface area contributed by atoms with Gasteiger partial charge in [0.2, 0.25) is 0 Å². The number of rotatable bonds is 3. The number of carbonyl (C=O) groups excluding carboxylic acids is 1. The zero-order chi connectivity index (χ0) is 14.1. The van der Waals surface area contributed by atoms with Crippen molar-refractivity contribution in [3.05, 3.63) is 35.1 Å². The van der Waals surface area contributed by atoms with Gasteiger partial charge >= 0.3 is 5.92 Å². The molecule has 2 N–H and O–H groups in total. The Balaban J connectivity index is 3.33. The minimum absolute atomic E-state index is 0.0428. The van der Waals surface area contributed by atoms with Crippen LogP contribution in [0.5, 0.6) is 0 Å². The Morgan fingerprint density at radius 1 is 1.39 bits per heavy atom. The molecule has 0 aromatic heterocycles. The molecule has 100 valence electrons. The van der Waals surface area contributed by atoms with E-state index in [1.807, 2.05) is 0 Å². The fourth-order valence-corrected chi connectivity index (χ4v) is 1.54. The van der Waals surface area contributed by atoms with E-state index in [0.717, 1.165) is 11.0 Å². The fraction of sp³-hybridized carbons (Fsp3) is 0.417. The van der Waals surface area contributed by atoms with E-state index in [-0.39, 0.29) is 5.56 Å². The minimum Gasteiger partial charge on any atom is -0.343 e. The van der Waals surface area contributed by atoms with E-state index in [9.17, 15) is 18.0 Å². The van der Waals surface area contributed by atoms with Crippen LogP contribution in [0.25, 0.3) is 0 Å². The van der Waals surface area contributed by atoms with Crippen LogP contribution in [0, 0.1) is 5.82 Å². The summed E-state index contributed by atoms with van der Waals surface area (Å²) >= 11 is 0. The first-order chi connectivity index (χ1) is 8.19. The Bertz CT molecular complexity index is 459. The molecule has 0 bridgehead atoms. The van der Waals surface area contributed by atoms with Crippen molar-refractivity contribution in [1.82, 2.24) is 4.90 Å². The fourth-order valence-electron chi connectivity index (χ4n) is 1.54. The summed E-state index contributed by atoms with van der Waals surface area (Å²) < 4.78 is 41.6. The van der Waals surface area contributed by atoms with Crippen molar-refractivity contribution in [3.63, 3.8) is 0 Å². The normalized spacial score (nSPS) is 13.3. The molecule has 0 saturated heterocycles. The van der Waals surface area contributed by atoms with E-state index >= 15 is 0 Å². The van der Waals surface area contributed by atoms with Gasteiger partial charge in [0, 0.05) is 25.7 Å². The lowest BCUT2D eigenvalue weighted by atomic mass is 10.00. The largest absolute Gasteiger partial charge is 0.352 e. The molecule has 1 amide bonds. The Morgan fingerprint density at radius 3 is 2.39 bits per heavy atom. The summed E-state index contributed by atoms with van der Waals surface area (Å²) in [5, 5.41) is 0. The summed E-state index contributed by atoms with van der Waals surface area (Å²) in [4.78, 5) is 12.1. The Morgan fingerprint density at radius 2 is 1.94 bits per heavy atom. The van der Waals surface area contributed by atoms with Crippen LogP contribution >= 0.6 is 0 Å². The number of amides is 1. The van der Waals surface area contributed by atoms with Gasteiger partial charge < -0.3 is 10.6 Å². The molecule has 1 atom stereocenters. The quantitative estimate of drug-likeness (QED) is 0.903. The number of nitrogens with two attached hydrogens (primary N) is 1. The van der Waals surface area contributed by atoms with Gasteiger partial charge in [-0.3, -0.25) is 4.79 Å². The van der Waals surface area contributed by atoms with Gasteiger partial charge in [0.1, 0.15) is 5.82 Å². The average Bonchev–Trinajstić information content (AvgIpc) is 2.27. The first-order valence-electron chi connectivity index (χ1n) is 5.33. The number of nitrogens with zero attached hydrogens (tertiary/aromatic N) is 1. The van der Waals surface area contributed by atoms with Gasteiger partial charge in [0.15, 0.2) is 0 Å². The maximum Gasteiger partial charge on any atom is 0.352 e. The molecule has 0 saturated carbocycles. The number of alkyl halides is 2. The number of halogens is 3. The van der Waals surface area contributed by atoms with Gasteiger partial charge in [-0.1, -0.05) is 12.1 Å². The van der Waals surface area contributed by atoms with Gasteiger partial charge in [-0.05, 0) is 13.0 Å². The SMILES string of the molecule is CC(N)c1cccc(C(F)(F)C(=O)N(C)C)c1F. The van der Waals surface area contributed by atoms with Crippen LogP contribution < -0.4 is 5.73 Å². The molecule has 3 nitrogen and oxygen atoms in total. The van der Waals surface area contributed by atoms with E-state index in [4.69, 9.17) is 5.73 Å². The summed E-state index contributed by atoms with van der Waals surface area (Å²) in [6.45, 7) is 1.48. The lowest BCUT2D eigenvalue weighted by Crippen LogP contribution is -2.38. The van der Waals surface area contributed by atoms with Crippen molar-refractivity contribution >= 4 is 5.91 Å². The Labute approximate surface area is 103 Å². The van der Waals surface area contributed by atoms with Crippen LogP contribution in [-0.4, -0.2) is 24.9 Å². The van der Waals surface area contributed by atoms with Crippen molar-refractivity contribution in [2.45, 2.75) is 18.9 Å². The lowest BCUT2D eigenvalue weighted by Gasteiger charge is -2.21. The highest BCUT2D eigenvalue weighted by Crippen LogP contribution is 2.33. The van der Waals surface area contributed by atoms with E-state index in [1.54, 1.807) is 0 Å². The number of likely N-dealkylation sites (N-methyl/N-ethyl adjacent to an activating group) is 1. The highest BCUT2D eigenvalue weighted by Gasteiger charge is 2.44. The van der Waals surface area contributed by atoms with Crippen molar-refractivity contribution in [1.29, 1.82) is 0 Å². The summed E-state index contributed by atoms with van der Waals surface area (Å²) in [6.07, 6.45) is 0. The predicted molar refractivity (Wildman–Crippen MR) is 61.6 cm³/mol. The third-order valence-corrected chi connectivity index (χ3v) is 2.53. The first kappa shape index (κ1) is 14.5. The Kier molecular flexibility index (Phi) is 4.01. The molecular formula is C12H15F3N2O. The van der Waals surface area contributed by atoms with Crippen molar-refractivity contribution in [2.75, 3.05) is 14.1 Å². The number of hydrogen-bond donors (Lipinski definition) is 1. The maximum atomic E-state index is 13.9. The summed E-state index contributed by atoms with van der Waals surface area (Å²) in [5.41, 5.74) is 4.49. The molecule has 1 unspecified atom stereocenters. The average molecular weight is 260 g/mol. The third kappa shape index (κ3) is 2.48. The lowest BCUT2D eigenvalue weighted by molar-refractivity contribution is -0.156. The Hall–Kier alpha value is -1.56.